The van der Waals surface area contributed by atoms with Crippen LogP contribution in [-0.4, -0.2) is 119 Å². The second-order valence-electron chi connectivity index (χ2n) is 16.4. The predicted molar refractivity (Wildman–Crippen MR) is 251 cm³/mol. The number of amides is 3. The summed E-state index contributed by atoms with van der Waals surface area (Å²) in [7, 11) is 0. The smallest absolute Gasteiger partial charge is 0.263 e. The number of nitrogens with zero attached hydrogens (tertiary/aromatic N) is 7. The molecular formula is C46H57N11O7S. The van der Waals surface area contributed by atoms with Gasteiger partial charge in [0.25, 0.3) is 11.5 Å². The summed E-state index contributed by atoms with van der Waals surface area (Å²) >= 11 is 1.40. The van der Waals surface area contributed by atoms with Crippen LogP contribution >= 0.6 is 11.3 Å². The molecule has 3 amide bonds. The highest BCUT2D eigenvalue weighted by Gasteiger charge is 2.26. The van der Waals surface area contributed by atoms with Crippen molar-refractivity contribution in [1.29, 1.82) is 0 Å². The highest BCUT2D eigenvalue weighted by Crippen LogP contribution is 2.32. The summed E-state index contributed by atoms with van der Waals surface area (Å²) in [6, 6.07) is 9.11. The van der Waals surface area contributed by atoms with Crippen LogP contribution in [0, 0.1) is 27.7 Å². The standard InChI is InChI=1S/C46H57N11O7S/c1-28-10-12-37(35(24-28)43(61)54-46-50-30(3)32(5)65-46)51-39(59)14-20-63-22-23-64-21-15-47-40(60)27-55-16-18-56(19-17-55)34-11-13-38(48-25-34)52-45-49-26-36-29(2)41(31(4)58)44(62)57(42(36)53-45)33-8-6-7-9-33/h10-13,24-26,33H,6-9,14-23,27H2,1-5H3,(H,47,60)(H,51,59)(H,50,54,61)(H,48,49,52,53). The molecular weight excluding hydrogens is 851 g/mol. The van der Waals surface area contributed by atoms with Crippen LogP contribution in [-0.2, 0) is 19.1 Å². The molecule has 1 saturated carbocycles. The van der Waals surface area contributed by atoms with E-state index in [-0.39, 0.29) is 60.2 Å². The van der Waals surface area contributed by atoms with E-state index in [1.165, 1.54) is 18.3 Å². The van der Waals surface area contributed by atoms with Crippen LogP contribution in [0.25, 0.3) is 11.0 Å². The molecule has 0 atom stereocenters. The van der Waals surface area contributed by atoms with Gasteiger partial charge in [0, 0.05) is 55.2 Å². The highest BCUT2D eigenvalue weighted by molar-refractivity contribution is 7.15. The van der Waals surface area contributed by atoms with Gasteiger partial charge in [0.2, 0.25) is 17.8 Å². The number of benzene rings is 1. The molecule has 5 aromatic rings. The number of pyridine rings is 2. The first kappa shape index (κ1) is 46.8. The Morgan fingerprint density at radius 1 is 0.846 bits per heavy atom. The number of anilines is 5. The van der Waals surface area contributed by atoms with Gasteiger partial charge in [0.05, 0.1) is 73.8 Å². The summed E-state index contributed by atoms with van der Waals surface area (Å²) in [6.07, 6.45) is 7.36. The molecule has 0 bridgehead atoms. The quantitative estimate of drug-likeness (QED) is 0.0596. The second-order valence-corrected chi connectivity index (χ2v) is 17.6. The SMILES string of the molecule is CC(=O)c1c(C)c2cnc(Nc3ccc(N4CCN(CC(=O)NCCOCCOCCC(=O)Nc5ccc(C)cc5C(=O)Nc5nc(C)c(C)s5)CC4)cn3)nc2n(C2CCCC2)c1=O. The minimum atomic E-state index is -0.347. The van der Waals surface area contributed by atoms with E-state index in [1.54, 1.807) is 36.0 Å². The number of thiazole rings is 1. The maximum Gasteiger partial charge on any atom is 0.263 e. The number of carbonyl (C=O) groups is 4. The second kappa shape index (κ2) is 21.7. The lowest BCUT2D eigenvalue weighted by molar-refractivity contribution is -0.122. The molecule has 7 rings (SSSR count). The molecule has 65 heavy (non-hydrogen) atoms. The maximum absolute atomic E-state index is 13.6. The molecule has 18 nitrogen and oxygen atoms in total. The van der Waals surface area contributed by atoms with Gasteiger partial charge in [-0.1, -0.05) is 24.5 Å². The van der Waals surface area contributed by atoms with Crippen LogP contribution in [0.1, 0.15) is 87.5 Å². The Labute approximate surface area is 381 Å². The normalized spacial score (nSPS) is 14.4. The Morgan fingerprint density at radius 2 is 1.60 bits per heavy atom. The minimum Gasteiger partial charge on any atom is -0.379 e. The molecule has 0 spiro atoms. The van der Waals surface area contributed by atoms with Crippen LogP contribution in [0.4, 0.5) is 28.3 Å². The fourth-order valence-electron chi connectivity index (χ4n) is 8.10. The molecule has 1 saturated heterocycles. The van der Waals surface area contributed by atoms with Gasteiger partial charge in [-0.05, 0) is 77.3 Å². The van der Waals surface area contributed by atoms with E-state index in [9.17, 15) is 24.0 Å². The topological polar surface area (TPSA) is 215 Å². The number of carbonyl (C=O) groups excluding carboxylic acids is 4. The van der Waals surface area contributed by atoms with Crippen molar-refractivity contribution in [3.05, 3.63) is 85.9 Å². The summed E-state index contributed by atoms with van der Waals surface area (Å²) in [5.41, 5.74) is 4.51. The monoisotopic (exact) mass is 907 g/mol. The lowest BCUT2D eigenvalue weighted by Crippen LogP contribution is -2.49. The van der Waals surface area contributed by atoms with Crippen molar-refractivity contribution >= 4 is 74.1 Å². The minimum absolute atomic E-state index is 0.00672. The van der Waals surface area contributed by atoms with Gasteiger partial charge in [-0.2, -0.15) is 4.98 Å². The number of Topliss-reactive ketones (excluding diaryl/α,β-unsaturated/α-hetero) is 1. The van der Waals surface area contributed by atoms with E-state index < -0.39 is 0 Å². The van der Waals surface area contributed by atoms with Gasteiger partial charge in [-0.3, -0.25) is 38.8 Å². The van der Waals surface area contributed by atoms with Crippen molar-refractivity contribution in [3.8, 4) is 0 Å². The molecule has 2 fully saturated rings. The third kappa shape index (κ3) is 12.0. The van der Waals surface area contributed by atoms with Crippen molar-refractivity contribution in [1.82, 2.24) is 34.7 Å². The molecule has 1 aliphatic carbocycles. The number of piperazine rings is 1. The van der Waals surface area contributed by atoms with Crippen LogP contribution in [0.2, 0.25) is 0 Å². The van der Waals surface area contributed by atoms with Crippen LogP contribution < -0.4 is 31.7 Å². The average Bonchev–Trinajstić information content (AvgIpc) is 3.92. The first-order valence-electron chi connectivity index (χ1n) is 22.1. The lowest BCUT2D eigenvalue weighted by Gasteiger charge is -2.35. The number of nitrogens with one attached hydrogen (secondary N) is 4. The Kier molecular flexibility index (Phi) is 15.6. The third-order valence-corrected chi connectivity index (χ3v) is 12.7. The number of hydrogen-bond acceptors (Lipinski definition) is 15. The predicted octanol–water partition coefficient (Wildman–Crippen LogP) is 5.49. The van der Waals surface area contributed by atoms with E-state index in [0.29, 0.717) is 84.2 Å². The van der Waals surface area contributed by atoms with E-state index in [1.807, 2.05) is 39.0 Å². The Morgan fingerprint density at radius 3 is 2.29 bits per heavy atom. The van der Waals surface area contributed by atoms with Crippen LogP contribution in [0.5, 0.6) is 0 Å². The third-order valence-electron chi connectivity index (χ3n) is 11.7. The summed E-state index contributed by atoms with van der Waals surface area (Å²) in [5.74, 6) is -0.0807. The molecule has 344 valence electrons. The number of fused-ring (bicyclic) bond motifs is 1. The highest BCUT2D eigenvalue weighted by atomic mass is 32.1. The zero-order valence-corrected chi connectivity index (χ0v) is 38.4. The van der Waals surface area contributed by atoms with Gasteiger partial charge in [0.15, 0.2) is 10.9 Å². The van der Waals surface area contributed by atoms with E-state index >= 15 is 0 Å². The molecule has 0 radical (unpaired) electrons. The van der Waals surface area contributed by atoms with Crippen molar-refractivity contribution in [2.45, 2.75) is 72.8 Å². The molecule has 19 heteroatoms. The van der Waals surface area contributed by atoms with Crippen molar-refractivity contribution < 1.29 is 28.7 Å². The lowest BCUT2D eigenvalue weighted by atomic mass is 10.0. The number of ketones is 1. The van der Waals surface area contributed by atoms with Gasteiger partial charge in [-0.15, -0.1) is 11.3 Å². The molecule has 2 aliphatic rings. The zero-order valence-electron chi connectivity index (χ0n) is 37.6. The fraction of sp³-hybridized carbons (Fsp3) is 0.457. The Hall–Kier alpha value is -6.15. The summed E-state index contributed by atoms with van der Waals surface area (Å²) in [5, 5.41) is 12.9. The van der Waals surface area contributed by atoms with Gasteiger partial charge in [0.1, 0.15) is 11.5 Å². The summed E-state index contributed by atoms with van der Waals surface area (Å²) in [4.78, 5) is 88.0. The molecule has 0 unspecified atom stereocenters. The van der Waals surface area contributed by atoms with Crippen LogP contribution in [0.15, 0.2) is 47.5 Å². The first-order valence-corrected chi connectivity index (χ1v) is 22.9. The fourth-order valence-corrected chi connectivity index (χ4v) is 8.91. The maximum atomic E-state index is 13.6. The first-order chi connectivity index (χ1) is 31.3. The number of rotatable bonds is 19. The van der Waals surface area contributed by atoms with Crippen molar-refractivity contribution in [3.63, 3.8) is 0 Å². The van der Waals surface area contributed by atoms with E-state index in [4.69, 9.17) is 14.5 Å². The number of aryl methyl sites for hydroxylation is 4. The van der Waals surface area contributed by atoms with Crippen molar-refractivity contribution in [2.24, 2.45) is 0 Å². The molecule has 4 N–H and O–H groups in total. The number of aromatic nitrogens is 5. The molecule has 5 heterocycles. The largest absolute Gasteiger partial charge is 0.379 e. The number of ether oxygens (including phenoxy) is 2. The summed E-state index contributed by atoms with van der Waals surface area (Å²) < 4.78 is 12.9. The van der Waals surface area contributed by atoms with Crippen molar-refractivity contribution in [2.75, 3.05) is 86.5 Å². The Bertz CT molecular complexity index is 2560. The zero-order chi connectivity index (χ0) is 46.0. The summed E-state index contributed by atoms with van der Waals surface area (Å²) in [6.45, 7) is 13.6. The Balaban J connectivity index is 0.767. The van der Waals surface area contributed by atoms with Gasteiger partial charge < -0.3 is 30.3 Å². The molecule has 1 aromatic carbocycles. The van der Waals surface area contributed by atoms with E-state index in [0.717, 1.165) is 60.6 Å². The molecule has 1 aliphatic heterocycles. The number of hydrogen-bond donors (Lipinski definition) is 4. The molecule has 4 aromatic heterocycles. The van der Waals surface area contributed by atoms with Gasteiger partial charge >= 0.3 is 0 Å². The van der Waals surface area contributed by atoms with Gasteiger partial charge in [-0.25, -0.2) is 15.0 Å². The van der Waals surface area contributed by atoms with Crippen LogP contribution in [0.3, 0.4) is 0 Å². The average molecular weight is 908 g/mol. The van der Waals surface area contributed by atoms with E-state index in [2.05, 4.69) is 46.0 Å².